The molecule has 1 fully saturated rings. The van der Waals surface area contributed by atoms with Crippen molar-refractivity contribution in [1.29, 1.82) is 0 Å². The fourth-order valence-corrected chi connectivity index (χ4v) is 2.79. The number of nitrogen functional groups attached to an aromatic ring is 1. The summed E-state index contributed by atoms with van der Waals surface area (Å²) in [5, 5.41) is 9.55. The number of rotatable bonds is 4. The summed E-state index contributed by atoms with van der Waals surface area (Å²) >= 11 is 0. The molecule has 11 heteroatoms. The Balaban J connectivity index is 2.04. The average Bonchev–Trinajstić information content (AvgIpc) is 3.10. The van der Waals surface area contributed by atoms with Crippen LogP contribution in [0.5, 0.6) is 0 Å². The number of imidazole rings is 1. The number of anilines is 1. The second kappa shape index (κ2) is 6.61. The van der Waals surface area contributed by atoms with Crippen molar-refractivity contribution in [2.45, 2.75) is 38.4 Å². The molecule has 2 aromatic rings. The first-order valence-electron chi connectivity index (χ1n) is 7.46. The maximum absolute atomic E-state index is 11.5. The number of aliphatic hydroxyl groups excluding tert-OH is 1. The Bertz CT molecular complexity index is 808. The predicted octanol–water partition coefficient (Wildman–Crippen LogP) is -0.838. The van der Waals surface area contributed by atoms with E-state index in [1.807, 2.05) is 0 Å². The fraction of sp³-hybridized carbons (Fsp3) is 0.500. The topological polar surface area (TPSA) is 152 Å². The van der Waals surface area contributed by atoms with E-state index < -0.39 is 43.1 Å². The van der Waals surface area contributed by atoms with Gasteiger partial charge in [-0.05, 0) is 0 Å². The molecule has 4 atom stereocenters. The summed E-state index contributed by atoms with van der Waals surface area (Å²) in [5.41, 5.74) is 6.48. The van der Waals surface area contributed by atoms with Crippen molar-refractivity contribution in [3.05, 3.63) is 12.7 Å². The third-order valence-corrected chi connectivity index (χ3v) is 3.73. The van der Waals surface area contributed by atoms with Gasteiger partial charge in [0, 0.05) is 13.8 Å². The lowest BCUT2D eigenvalue weighted by Crippen LogP contribution is -2.40. The van der Waals surface area contributed by atoms with Gasteiger partial charge in [-0.3, -0.25) is 14.2 Å². The van der Waals surface area contributed by atoms with E-state index in [9.17, 15) is 14.7 Å². The number of carbonyl (C=O) groups is 2. The second-order valence-corrected chi connectivity index (χ2v) is 5.48. The third kappa shape index (κ3) is 3.10. The summed E-state index contributed by atoms with van der Waals surface area (Å²) in [6, 6.07) is 0. The van der Waals surface area contributed by atoms with Crippen molar-refractivity contribution < 1.29 is 28.9 Å². The van der Waals surface area contributed by atoms with Crippen molar-refractivity contribution in [1.82, 2.24) is 19.5 Å². The van der Waals surface area contributed by atoms with Gasteiger partial charge in [0.05, 0.1) is 12.9 Å². The molecule has 134 valence electrons. The van der Waals surface area contributed by atoms with Gasteiger partial charge in [0.25, 0.3) is 0 Å². The van der Waals surface area contributed by atoms with E-state index in [4.69, 9.17) is 19.9 Å². The average molecular weight is 351 g/mol. The van der Waals surface area contributed by atoms with Crippen LogP contribution in [0.2, 0.25) is 0 Å². The Kier molecular flexibility index (Phi) is 4.51. The third-order valence-electron chi connectivity index (χ3n) is 3.73. The molecule has 0 aliphatic carbocycles. The van der Waals surface area contributed by atoms with Crippen LogP contribution in [0.1, 0.15) is 20.1 Å². The molecule has 0 spiro atoms. The van der Waals surface area contributed by atoms with Gasteiger partial charge in [-0.25, -0.2) is 15.0 Å². The van der Waals surface area contributed by atoms with E-state index in [0.29, 0.717) is 11.2 Å². The van der Waals surface area contributed by atoms with Crippen molar-refractivity contribution in [2.24, 2.45) is 0 Å². The highest BCUT2D eigenvalue weighted by atomic mass is 16.6. The molecule has 0 amide bonds. The quantitative estimate of drug-likeness (QED) is 0.667. The van der Waals surface area contributed by atoms with E-state index in [1.165, 1.54) is 31.1 Å². The zero-order valence-electron chi connectivity index (χ0n) is 13.5. The summed E-state index contributed by atoms with van der Waals surface area (Å²) in [6.07, 6.45) is -1.10. The minimum atomic E-state index is -0.993. The van der Waals surface area contributed by atoms with Gasteiger partial charge in [-0.1, -0.05) is 0 Å². The second-order valence-electron chi connectivity index (χ2n) is 5.48. The largest absolute Gasteiger partial charge is 0.456 e. The standard InChI is InChI=1S/C14H17N5O6/c1-6(21)23-10-8(3-20)25-14(11(10)24-7(2)22)19-5-18-9-12(15)16-4-17-13(9)19/h4-5,8,10-11,14,20H,3H2,1-2H3,(H2,15,16,17)/t8-,10-,11-,14-/m0/s1. The number of hydrogen-bond acceptors (Lipinski definition) is 10. The number of nitrogens with two attached hydrogens (primary N) is 1. The van der Waals surface area contributed by atoms with Gasteiger partial charge in [0.1, 0.15) is 17.9 Å². The maximum Gasteiger partial charge on any atom is 0.303 e. The predicted molar refractivity (Wildman–Crippen MR) is 81.8 cm³/mol. The zero-order valence-corrected chi connectivity index (χ0v) is 13.5. The molecule has 0 aromatic carbocycles. The number of aromatic nitrogens is 4. The van der Waals surface area contributed by atoms with Crippen LogP contribution in [-0.2, 0) is 23.8 Å². The van der Waals surface area contributed by atoms with Gasteiger partial charge in [-0.2, -0.15) is 0 Å². The van der Waals surface area contributed by atoms with Crippen molar-refractivity contribution in [3.8, 4) is 0 Å². The molecule has 1 aliphatic rings. The molecule has 25 heavy (non-hydrogen) atoms. The van der Waals surface area contributed by atoms with Crippen LogP contribution in [0.25, 0.3) is 11.2 Å². The fourth-order valence-electron chi connectivity index (χ4n) is 2.79. The molecule has 2 aromatic heterocycles. The normalized spacial score (nSPS) is 25.9. The molecule has 1 aliphatic heterocycles. The van der Waals surface area contributed by atoms with Crippen LogP contribution in [0.4, 0.5) is 5.82 Å². The Morgan fingerprint density at radius 2 is 1.92 bits per heavy atom. The Morgan fingerprint density at radius 1 is 1.24 bits per heavy atom. The molecular weight excluding hydrogens is 334 g/mol. The van der Waals surface area contributed by atoms with Crippen molar-refractivity contribution in [3.63, 3.8) is 0 Å². The SMILES string of the molecule is CC(=O)O[C@@H]1[C@H](OC(C)=O)[C@@H](n2cnc3c(N)ncnc32)O[C@H]1CO. The van der Waals surface area contributed by atoms with Crippen molar-refractivity contribution in [2.75, 3.05) is 12.3 Å². The number of nitrogens with zero attached hydrogens (tertiary/aromatic N) is 4. The molecule has 1 saturated heterocycles. The molecule has 3 N–H and O–H groups in total. The first-order valence-corrected chi connectivity index (χ1v) is 7.46. The van der Waals surface area contributed by atoms with E-state index >= 15 is 0 Å². The number of esters is 2. The van der Waals surface area contributed by atoms with Crippen LogP contribution in [-0.4, -0.2) is 61.5 Å². The summed E-state index contributed by atoms with van der Waals surface area (Å²) in [6.45, 7) is 2.00. The first-order chi connectivity index (χ1) is 11.9. The lowest BCUT2D eigenvalue weighted by molar-refractivity contribution is -0.165. The number of hydrogen-bond donors (Lipinski definition) is 2. The lowest BCUT2D eigenvalue weighted by atomic mass is 10.1. The van der Waals surface area contributed by atoms with Gasteiger partial charge >= 0.3 is 11.9 Å². The molecule has 3 heterocycles. The number of fused-ring (bicyclic) bond motifs is 1. The van der Waals surface area contributed by atoms with Gasteiger partial charge in [-0.15, -0.1) is 0 Å². The molecule has 11 nitrogen and oxygen atoms in total. The van der Waals surface area contributed by atoms with Crippen LogP contribution in [0, 0.1) is 0 Å². The first kappa shape index (κ1) is 17.0. The van der Waals surface area contributed by atoms with E-state index in [0.717, 1.165) is 0 Å². The van der Waals surface area contributed by atoms with Crippen LogP contribution >= 0.6 is 0 Å². The van der Waals surface area contributed by atoms with Gasteiger partial charge in [0.2, 0.25) is 0 Å². The summed E-state index contributed by atoms with van der Waals surface area (Å²) < 4.78 is 17.7. The van der Waals surface area contributed by atoms with E-state index in [1.54, 1.807) is 0 Å². The van der Waals surface area contributed by atoms with Crippen molar-refractivity contribution >= 4 is 28.9 Å². The molecule has 0 bridgehead atoms. The Labute approximate surface area is 141 Å². The van der Waals surface area contributed by atoms with Gasteiger partial charge in [0.15, 0.2) is 29.9 Å². The van der Waals surface area contributed by atoms with Crippen LogP contribution in [0.3, 0.4) is 0 Å². The molecular formula is C14H17N5O6. The highest BCUT2D eigenvalue weighted by Gasteiger charge is 2.50. The minimum absolute atomic E-state index is 0.182. The smallest absolute Gasteiger partial charge is 0.303 e. The van der Waals surface area contributed by atoms with Crippen LogP contribution in [0.15, 0.2) is 12.7 Å². The summed E-state index contributed by atoms with van der Waals surface area (Å²) in [4.78, 5) is 35.0. The number of ether oxygens (including phenoxy) is 3. The molecule has 0 unspecified atom stereocenters. The van der Waals surface area contributed by atoms with Gasteiger partial charge < -0.3 is 25.1 Å². The summed E-state index contributed by atoms with van der Waals surface area (Å²) in [7, 11) is 0. The lowest BCUT2D eigenvalue weighted by Gasteiger charge is -2.23. The van der Waals surface area contributed by atoms with E-state index in [2.05, 4.69) is 15.0 Å². The zero-order chi connectivity index (χ0) is 18.1. The Hall–Kier alpha value is -2.79. The monoisotopic (exact) mass is 351 g/mol. The van der Waals surface area contributed by atoms with Crippen LogP contribution < -0.4 is 5.73 Å². The molecule has 3 rings (SSSR count). The highest BCUT2D eigenvalue weighted by Crippen LogP contribution is 2.35. The Morgan fingerprint density at radius 3 is 2.56 bits per heavy atom. The highest BCUT2D eigenvalue weighted by molar-refractivity contribution is 5.81. The van der Waals surface area contributed by atoms with E-state index in [-0.39, 0.29) is 5.82 Å². The number of aliphatic hydroxyl groups is 1. The number of carbonyl (C=O) groups excluding carboxylic acids is 2. The molecule has 0 radical (unpaired) electrons. The molecule has 0 saturated carbocycles. The minimum Gasteiger partial charge on any atom is -0.456 e. The summed E-state index contributed by atoms with van der Waals surface area (Å²) in [5.74, 6) is -0.999. The maximum atomic E-state index is 11.5.